The summed E-state index contributed by atoms with van der Waals surface area (Å²) in [6.07, 6.45) is 0. The summed E-state index contributed by atoms with van der Waals surface area (Å²) >= 11 is 0. The fraction of sp³-hybridized carbons (Fsp3) is 0.167. The van der Waals surface area contributed by atoms with Crippen LogP contribution < -0.4 is 61.2 Å². The van der Waals surface area contributed by atoms with E-state index < -0.39 is 0 Å². The number of ether oxygens (including phenoxy) is 1. The maximum Gasteiger partial charge on any atom is 1.00 e. The van der Waals surface area contributed by atoms with Gasteiger partial charge in [0.1, 0.15) is 5.75 Å². The maximum absolute atomic E-state index is 10.2. The van der Waals surface area contributed by atoms with Gasteiger partial charge in [-0.3, -0.25) is 0 Å². The molecule has 0 bridgehead atoms. The third-order valence-corrected chi connectivity index (χ3v) is 2.07. The standard InChI is InChI=1S/C12H11O2.K/c13-7-8-14-12-6-5-10-3-1-2-4-11(10)9-12;/h1-6,9H,7-8H2;/q-1;+1. The minimum absolute atomic E-state index is 0. The van der Waals surface area contributed by atoms with Gasteiger partial charge in [-0.2, -0.15) is 0 Å². The second-order valence-corrected chi connectivity index (χ2v) is 3.06. The molecule has 0 saturated heterocycles. The van der Waals surface area contributed by atoms with E-state index in [4.69, 9.17) is 4.74 Å². The molecule has 0 aliphatic carbocycles. The van der Waals surface area contributed by atoms with Crippen molar-refractivity contribution in [1.82, 2.24) is 0 Å². The molecule has 0 amide bonds. The first kappa shape index (κ1) is 13.2. The van der Waals surface area contributed by atoms with Gasteiger partial charge in [-0.1, -0.05) is 30.3 Å². The molecule has 2 nitrogen and oxygen atoms in total. The van der Waals surface area contributed by atoms with Crippen LogP contribution >= 0.6 is 0 Å². The Morgan fingerprint density at radius 1 is 1.00 bits per heavy atom. The molecule has 0 atom stereocenters. The molecule has 15 heavy (non-hydrogen) atoms. The molecule has 0 unspecified atom stereocenters. The van der Waals surface area contributed by atoms with Crippen molar-refractivity contribution in [3.8, 4) is 5.75 Å². The monoisotopic (exact) mass is 226 g/mol. The maximum atomic E-state index is 10.2. The quantitative estimate of drug-likeness (QED) is 0.602. The van der Waals surface area contributed by atoms with Crippen LogP contribution in [0.3, 0.4) is 0 Å². The molecule has 3 heteroatoms. The van der Waals surface area contributed by atoms with Gasteiger partial charge in [-0.05, 0) is 22.9 Å². The van der Waals surface area contributed by atoms with Crippen LogP contribution in [0, 0.1) is 0 Å². The third kappa shape index (κ3) is 3.55. The van der Waals surface area contributed by atoms with E-state index in [1.807, 2.05) is 42.5 Å². The molecular weight excluding hydrogens is 215 g/mol. The van der Waals surface area contributed by atoms with Crippen LogP contribution in [0.25, 0.3) is 10.8 Å². The van der Waals surface area contributed by atoms with Crippen molar-refractivity contribution >= 4 is 10.8 Å². The molecule has 2 aromatic rings. The van der Waals surface area contributed by atoms with Gasteiger partial charge in [0.2, 0.25) is 0 Å². The van der Waals surface area contributed by atoms with E-state index in [0.717, 1.165) is 11.1 Å². The molecule has 0 aliphatic heterocycles. The summed E-state index contributed by atoms with van der Waals surface area (Å²) in [6.45, 7) is 0.0329. The SMILES string of the molecule is [K+].[O-]CCOc1ccc2ccccc2c1. The fourth-order valence-electron chi connectivity index (χ4n) is 1.42. The smallest absolute Gasteiger partial charge is 0.852 e. The second-order valence-electron chi connectivity index (χ2n) is 3.06. The normalized spacial score (nSPS) is 9.67. The van der Waals surface area contributed by atoms with Crippen LogP contribution in [0.2, 0.25) is 0 Å². The molecule has 0 heterocycles. The summed E-state index contributed by atoms with van der Waals surface area (Å²) in [7, 11) is 0. The molecule has 2 rings (SSSR count). The van der Waals surface area contributed by atoms with E-state index in [9.17, 15) is 5.11 Å². The number of rotatable bonds is 3. The predicted molar refractivity (Wildman–Crippen MR) is 54.3 cm³/mol. The first-order chi connectivity index (χ1) is 6.90. The molecule has 0 aromatic heterocycles. The molecule has 0 saturated carbocycles. The topological polar surface area (TPSA) is 32.3 Å². The molecule has 0 fully saturated rings. The number of fused-ring (bicyclic) bond motifs is 1. The zero-order valence-electron chi connectivity index (χ0n) is 8.77. The molecule has 72 valence electrons. The van der Waals surface area contributed by atoms with Crippen molar-refractivity contribution in [3.05, 3.63) is 42.5 Å². The Kier molecular flexibility index (Phi) is 5.82. The van der Waals surface area contributed by atoms with Crippen molar-refractivity contribution in [3.63, 3.8) is 0 Å². The largest absolute Gasteiger partial charge is 1.00 e. The van der Waals surface area contributed by atoms with Crippen LogP contribution in [-0.4, -0.2) is 13.2 Å². The first-order valence-corrected chi connectivity index (χ1v) is 4.60. The Labute approximate surface area is 132 Å². The minimum atomic E-state index is -0.202. The van der Waals surface area contributed by atoms with Crippen molar-refractivity contribution in [2.75, 3.05) is 13.2 Å². The van der Waals surface area contributed by atoms with E-state index in [1.165, 1.54) is 5.39 Å². The van der Waals surface area contributed by atoms with Gasteiger partial charge >= 0.3 is 51.4 Å². The van der Waals surface area contributed by atoms with Crippen LogP contribution in [0.5, 0.6) is 5.75 Å². The molecular formula is C12H11KO2. The summed E-state index contributed by atoms with van der Waals surface area (Å²) in [5, 5.41) is 12.6. The Hall–Kier alpha value is 0.0964. The molecule has 0 N–H and O–H groups in total. The van der Waals surface area contributed by atoms with Crippen molar-refractivity contribution in [2.45, 2.75) is 0 Å². The molecule has 0 spiro atoms. The summed E-state index contributed by atoms with van der Waals surface area (Å²) in [6, 6.07) is 13.9. The molecule has 2 aromatic carbocycles. The van der Waals surface area contributed by atoms with Gasteiger partial charge in [0, 0.05) is 0 Å². The van der Waals surface area contributed by atoms with Gasteiger partial charge in [0.05, 0.1) is 6.61 Å². The Balaban J connectivity index is 0.00000112. The van der Waals surface area contributed by atoms with E-state index in [0.29, 0.717) is 0 Å². The summed E-state index contributed by atoms with van der Waals surface area (Å²) in [4.78, 5) is 0. The average molecular weight is 226 g/mol. The molecule has 0 radical (unpaired) electrons. The van der Waals surface area contributed by atoms with Crippen molar-refractivity contribution < 1.29 is 61.2 Å². The van der Waals surface area contributed by atoms with Crippen LogP contribution in [0.4, 0.5) is 0 Å². The summed E-state index contributed by atoms with van der Waals surface area (Å²) < 4.78 is 5.25. The Bertz CT molecular complexity index is 429. The Morgan fingerprint density at radius 2 is 1.73 bits per heavy atom. The van der Waals surface area contributed by atoms with E-state index in [2.05, 4.69) is 0 Å². The van der Waals surface area contributed by atoms with Crippen LogP contribution in [0.1, 0.15) is 0 Å². The van der Waals surface area contributed by atoms with Crippen LogP contribution in [-0.2, 0) is 0 Å². The van der Waals surface area contributed by atoms with E-state index in [1.54, 1.807) is 0 Å². The van der Waals surface area contributed by atoms with Gasteiger partial charge in [0.15, 0.2) is 0 Å². The fourth-order valence-corrected chi connectivity index (χ4v) is 1.42. The predicted octanol–water partition coefficient (Wildman–Crippen LogP) is -1.42. The minimum Gasteiger partial charge on any atom is -0.852 e. The van der Waals surface area contributed by atoms with E-state index in [-0.39, 0.29) is 64.6 Å². The van der Waals surface area contributed by atoms with E-state index >= 15 is 0 Å². The van der Waals surface area contributed by atoms with Gasteiger partial charge in [-0.25, -0.2) is 0 Å². The first-order valence-electron chi connectivity index (χ1n) is 4.60. The number of benzene rings is 2. The zero-order valence-corrected chi connectivity index (χ0v) is 11.9. The summed E-state index contributed by atoms with van der Waals surface area (Å²) in [5.41, 5.74) is 0. The van der Waals surface area contributed by atoms with Gasteiger partial charge < -0.3 is 9.84 Å². The molecule has 0 aliphatic rings. The zero-order chi connectivity index (χ0) is 9.80. The number of hydrogen-bond acceptors (Lipinski definition) is 2. The van der Waals surface area contributed by atoms with Gasteiger partial charge in [0.25, 0.3) is 0 Å². The van der Waals surface area contributed by atoms with Gasteiger partial charge in [-0.15, -0.1) is 6.61 Å². The second kappa shape index (κ2) is 6.63. The summed E-state index contributed by atoms with van der Waals surface area (Å²) in [5.74, 6) is 0.763. The Morgan fingerprint density at radius 3 is 2.47 bits per heavy atom. The van der Waals surface area contributed by atoms with Crippen molar-refractivity contribution in [1.29, 1.82) is 0 Å². The van der Waals surface area contributed by atoms with Crippen molar-refractivity contribution in [2.24, 2.45) is 0 Å². The number of hydrogen-bond donors (Lipinski definition) is 0. The average Bonchev–Trinajstić information content (AvgIpc) is 2.26. The van der Waals surface area contributed by atoms with Crippen LogP contribution in [0.15, 0.2) is 42.5 Å². The third-order valence-electron chi connectivity index (χ3n) is 2.07.